The molecule has 2 aromatic rings. The summed E-state index contributed by atoms with van der Waals surface area (Å²) in [5.41, 5.74) is 7.66. The number of aromatic nitrogens is 1. The minimum atomic E-state index is 0.432. The summed E-state index contributed by atoms with van der Waals surface area (Å²) < 4.78 is 10.3. The first-order chi connectivity index (χ1) is 7.76. The van der Waals surface area contributed by atoms with E-state index >= 15 is 0 Å². The zero-order chi connectivity index (χ0) is 11.5. The number of ether oxygens (including phenoxy) is 1. The van der Waals surface area contributed by atoms with Gasteiger partial charge in [0.2, 0.25) is 0 Å². The SMILES string of the molecule is CCc1onc(N)c1-c1ccc(OC)cc1. The van der Waals surface area contributed by atoms with Crippen molar-refractivity contribution < 1.29 is 9.26 Å². The van der Waals surface area contributed by atoms with Crippen LogP contribution in [0.2, 0.25) is 0 Å². The Morgan fingerprint density at radius 3 is 2.56 bits per heavy atom. The maximum atomic E-state index is 5.78. The molecule has 0 saturated heterocycles. The van der Waals surface area contributed by atoms with Gasteiger partial charge in [0.1, 0.15) is 11.5 Å². The van der Waals surface area contributed by atoms with Crippen molar-refractivity contribution in [1.29, 1.82) is 0 Å². The Kier molecular flexibility index (Phi) is 2.81. The van der Waals surface area contributed by atoms with Crippen molar-refractivity contribution in [2.45, 2.75) is 13.3 Å². The molecule has 0 aliphatic heterocycles. The number of anilines is 1. The van der Waals surface area contributed by atoms with Crippen LogP contribution in [0.15, 0.2) is 28.8 Å². The molecule has 0 aliphatic carbocycles. The van der Waals surface area contributed by atoms with Crippen LogP contribution < -0.4 is 10.5 Å². The van der Waals surface area contributed by atoms with E-state index in [1.54, 1.807) is 7.11 Å². The molecule has 0 amide bonds. The molecule has 1 aromatic carbocycles. The molecule has 0 saturated carbocycles. The summed E-state index contributed by atoms with van der Waals surface area (Å²) in [5.74, 6) is 2.06. The first-order valence-electron chi connectivity index (χ1n) is 5.14. The first-order valence-corrected chi connectivity index (χ1v) is 5.14. The molecule has 2 rings (SSSR count). The van der Waals surface area contributed by atoms with Gasteiger partial charge in [-0.15, -0.1) is 0 Å². The van der Waals surface area contributed by atoms with Gasteiger partial charge in [-0.05, 0) is 17.7 Å². The lowest BCUT2D eigenvalue weighted by Crippen LogP contribution is -1.90. The number of aryl methyl sites for hydroxylation is 1. The second-order valence-corrected chi connectivity index (χ2v) is 3.45. The number of hydrogen-bond acceptors (Lipinski definition) is 4. The van der Waals surface area contributed by atoms with Gasteiger partial charge in [0, 0.05) is 6.42 Å². The fourth-order valence-electron chi connectivity index (χ4n) is 1.65. The second kappa shape index (κ2) is 4.26. The smallest absolute Gasteiger partial charge is 0.175 e. The quantitative estimate of drug-likeness (QED) is 0.859. The molecule has 0 aliphatic rings. The third kappa shape index (κ3) is 1.74. The van der Waals surface area contributed by atoms with Crippen molar-refractivity contribution >= 4 is 5.82 Å². The molecule has 0 unspecified atom stereocenters. The largest absolute Gasteiger partial charge is 0.497 e. The molecule has 0 bridgehead atoms. The highest BCUT2D eigenvalue weighted by atomic mass is 16.5. The molecule has 0 atom stereocenters. The highest BCUT2D eigenvalue weighted by Gasteiger charge is 2.13. The van der Waals surface area contributed by atoms with Crippen LogP contribution in [0.3, 0.4) is 0 Å². The number of rotatable bonds is 3. The van der Waals surface area contributed by atoms with Crippen molar-refractivity contribution in [3.8, 4) is 16.9 Å². The van der Waals surface area contributed by atoms with Crippen LogP contribution in [-0.4, -0.2) is 12.3 Å². The normalized spacial score (nSPS) is 10.4. The van der Waals surface area contributed by atoms with Crippen LogP contribution >= 0.6 is 0 Å². The van der Waals surface area contributed by atoms with Gasteiger partial charge in [0.05, 0.1) is 12.7 Å². The number of benzene rings is 1. The molecule has 1 heterocycles. The predicted molar refractivity (Wildman–Crippen MR) is 62.3 cm³/mol. The lowest BCUT2D eigenvalue weighted by atomic mass is 10.0. The lowest BCUT2D eigenvalue weighted by Gasteiger charge is -2.03. The zero-order valence-corrected chi connectivity index (χ0v) is 9.36. The van der Waals surface area contributed by atoms with Gasteiger partial charge < -0.3 is 15.0 Å². The Hall–Kier alpha value is -1.97. The highest BCUT2D eigenvalue weighted by molar-refractivity contribution is 5.75. The summed E-state index contributed by atoms with van der Waals surface area (Å²) in [6.45, 7) is 2.01. The van der Waals surface area contributed by atoms with Crippen molar-refractivity contribution in [2.75, 3.05) is 12.8 Å². The van der Waals surface area contributed by atoms with E-state index in [1.165, 1.54) is 0 Å². The average Bonchev–Trinajstić information content (AvgIpc) is 2.70. The highest BCUT2D eigenvalue weighted by Crippen LogP contribution is 2.30. The average molecular weight is 218 g/mol. The molecule has 2 N–H and O–H groups in total. The van der Waals surface area contributed by atoms with Gasteiger partial charge in [-0.1, -0.05) is 24.2 Å². The minimum absolute atomic E-state index is 0.432. The second-order valence-electron chi connectivity index (χ2n) is 3.45. The monoisotopic (exact) mass is 218 g/mol. The van der Waals surface area contributed by atoms with Crippen LogP contribution in [0.5, 0.6) is 5.75 Å². The predicted octanol–water partition coefficient (Wildman–Crippen LogP) is 2.49. The number of nitrogen functional groups attached to an aromatic ring is 1. The van der Waals surface area contributed by atoms with Crippen LogP contribution in [0.4, 0.5) is 5.82 Å². The van der Waals surface area contributed by atoms with Crippen molar-refractivity contribution in [3.63, 3.8) is 0 Å². The first kappa shape index (κ1) is 10.5. The van der Waals surface area contributed by atoms with Gasteiger partial charge in [0.15, 0.2) is 5.82 Å². The number of methoxy groups -OCH3 is 1. The third-order valence-electron chi connectivity index (χ3n) is 2.49. The minimum Gasteiger partial charge on any atom is -0.497 e. The number of nitrogens with zero attached hydrogens (tertiary/aromatic N) is 1. The van der Waals surface area contributed by atoms with E-state index in [0.29, 0.717) is 5.82 Å². The third-order valence-corrected chi connectivity index (χ3v) is 2.49. The Balaban J connectivity index is 2.45. The summed E-state index contributed by atoms with van der Waals surface area (Å²) in [5, 5.41) is 3.78. The molecule has 1 aromatic heterocycles. The van der Waals surface area contributed by atoms with E-state index in [1.807, 2.05) is 31.2 Å². The molecule has 16 heavy (non-hydrogen) atoms. The summed E-state index contributed by atoms with van der Waals surface area (Å²) in [4.78, 5) is 0. The van der Waals surface area contributed by atoms with E-state index in [2.05, 4.69) is 5.16 Å². The molecule has 4 heteroatoms. The molecule has 4 nitrogen and oxygen atoms in total. The molecular formula is C12H14N2O2. The van der Waals surface area contributed by atoms with Crippen LogP contribution in [-0.2, 0) is 6.42 Å². The topological polar surface area (TPSA) is 61.3 Å². The van der Waals surface area contributed by atoms with Gasteiger partial charge >= 0.3 is 0 Å². The molecule has 0 fully saturated rings. The molecule has 0 radical (unpaired) electrons. The van der Waals surface area contributed by atoms with Crippen LogP contribution in [0, 0.1) is 0 Å². The van der Waals surface area contributed by atoms with Crippen molar-refractivity contribution in [2.24, 2.45) is 0 Å². The fourth-order valence-corrected chi connectivity index (χ4v) is 1.65. The Labute approximate surface area is 94.0 Å². The summed E-state index contributed by atoms with van der Waals surface area (Å²) in [7, 11) is 1.64. The zero-order valence-electron chi connectivity index (χ0n) is 9.36. The van der Waals surface area contributed by atoms with Crippen LogP contribution in [0.1, 0.15) is 12.7 Å². The number of nitrogens with two attached hydrogens (primary N) is 1. The van der Waals surface area contributed by atoms with Gasteiger partial charge in [-0.2, -0.15) is 0 Å². The van der Waals surface area contributed by atoms with E-state index in [4.69, 9.17) is 15.0 Å². The summed E-state index contributed by atoms with van der Waals surface area (Å²) in [6.07, 6.45) is 0.769. The maximum Gasteiger partial charge on any atom is 0.175 e. The molecular weight excluding hydrogens is 204 g/mol. The van der Waals surface area contributed by atoms with Crippen LogP contribution in [0.25, 0.3) is 11.1 Å². The Morgan fingerprint density at radius 1 is 1.31 bits per heavy atom. The van der Waals surface area contributed by atoms with Gasteiger partial charge in [0.25, 0.3) is 0 Å². The van der Waals surface area contributed by atoms with E-state index in [9.17, 15) is 0 Å². The van der Waals surface area contributed by atoms with Gasteiger partial charge in [-0.3, -0.25) is 0 Å². The molecule has 0 spiro atoms. The number of hydrogen-bond donors (Lipinski definition) is 1. The maximum absolute atomic E-state index is 5.78. The van der Waals surface area contributed by atoms with Crippen molar-refractivity contribution in [1.82, 2.24) is 5.16 Å². The Bertz CT molecular complexity index is 474. The van der Waals surface area contributed by atoms with Crippen molar-refractivity contribution in [3.05, 3.63) is 30.0 Å². The Morgan fingerprint density at radius 2 is 2.00 bits per heavy atom. The summed E-state index contributed by atoms with van der Waals surface area (Å²) >= 11 is 0. The lowest BCUT2D eigenvalue weighted by molar-refractivity contribution is 0.390. The fraction of sp³-hybridized carbons (Fsp3) is 0.250. The van der Waals surface area contributed by atoms with Gasteiger partial charge in [-0.25, -0.2) is 0 Å². The van der Waals surface area contributed by atoms with E-state index in [-0.39, 0.29) is 0 Å². The molecule has 84 valence electrons. The summed E-state index contributed by atoms with van der Waals surface area (Å²) in [6, 6.07) is 7.67. The van der Waals surface area contributed by atoms with E-state index in [0.717, 1.165) is 29.1 Å². The van der Waals surface area contributed by atoms with E-state index < -0.39 is 0 Å². The standard InChI is InChI=1S/C12H14N2O2/c1-3-10-11(12(13)14-16-10)8-4-6-9(15-2)7-5-8/h4-7H,3H2,1-2H3,(H2,13,14).